The third kappa shape index (κ3) is 4.39. The maximum absolute atomic E-state index is 12.9. The van der Waals surface area contributed by atoms with Gasteiger partial charge in [0.1, 0.15) is 0 Å². The molecule has 1 N–H and O–H groups in total. The van der Waals surface area contributed by atoms with Crippen molar-refractivity contribution >= 4 is 5.91 Å². The first-order valence-electron chi connectivity index (χ1n) is 12.4. The highest BCUT2D eigenvalue weighted by Gasteiger charge is 2.23. The largest absolute Gasteiger partial charge is 0.349 e. The Morgan fingerprint density at radius 1 is 0.906 bits per heavy atom. The molecule has 32 heavy (non-hydrogen) atoms. The lowest BCUT2D eigenvalue weighted by Crippen LogP contribution is -2.34. The van der Waals surface area contributed by atoms with E-state index in [1.807, 2.05) is 12.1 Å². The van der Waals surface area contributed by atoms with Gasteiger partial charge in [-0.2, -0.15) is 0 Å². The van der Waals surface area contributed by atoms with Crippen LogP contribution in [-0.4, -0.2) is 16.5 Å². The van der Waals surface area contributed by atoms with Gasteiger partial charge in [-0.3, -0.25) is 4.79 Å². The molecular formula is C29H34N2O. The normalized spacial score (nSPS) is 19.2. The van der Waals surface area contributed by atoms with Gasteiger partial charge >= 0.3 is 0 Å². The molecule has 1 amide bonds. The van der Waals surface area contributed by atoms with Gasteiger partial charge in [-0.05, 0) is 79.5 Å². The monoisotopic (exact) mass is 426 g/mol. The SMILES string of the molecule is C[C@@H]1CCc2c(cc(-c3ccccc3)n2-c2ccc(C(=O)NC3CCCCCC3)cc2)C1. The van der Waals surface area contributed by atoms with E-state index in [-0.39, 0.29) is 5.91 Å². The van der Waals surface area contributed by atoms with Crippen LogP contribution in [0, 0.1) is 5.92 Å². The Hall–Kier alpha value is -2.81. The van der Waals surface area contributed by atoms with Crippen molar-refractivity contribution in [2.75, 3.05) is 0 Å². The Labute approximate surface area is 191 Å². The number of rotatable bonds is 4. The summed E-state index contributed by atoms with van der Waals surface area (Å²) in [6.45, 7) is 2.35. The zero-order valence-corrected chi connectivity index (χ0v) is 19.1. The molecule has 0 spiro atoms. The first-order chi connectivity index (χ1) is 15.7. The molecule has 0 radical (unpaired) electrons. The lowest BCUT2D eigenvalue weighted by molar-refractivity contribution is 0.0933. The molecule has 1 saturated carbocycles. The molecule has 0 unspecified atom stereocenters. The van der Waals surface area contributed by atoms with Crippen LogP contribution in [0.2, 0.25) is 0 Å². The fourth-order valence-corrected chi connectivity index (χ4v) is 5.48. The van der Waals surface area contributed by atoms with Gasteiger partial charge in [-0.25, -0.2) is 0 Å². The van der Waals surface area contributed by atoms with Crippen LogP contribution in [0.5, 0.6) is 0 Å². The summed E-state index contributed by atoms with van der Waals surface area (Å²) < 4.78 is 2.42. The molecule has 1 heterocycles. The van der Waals surface area contributed by atoms with Gasteiger partial charge in [-0.1, -0.05) is 62.9 Å². The summed E-state index contributed by atoms with van der Waals surface area (Å²) in [5.41, 5.74) is 7.29. The van der Waals surface area contributed by atoms with E-state index in [2.05, 4.69) is 65.3 Å². The Morgan fingerprint density at radius 3 is 2.34 bits per heavy atom. The zero-order chi connectivity index (χ0) is 21.9. The Kier molecular flexibility index (Phi) is 6.16. The Morgan fingerprint density at radius 2 is 1.62 bits per heavy atom. The fraction of sp³-hybridized carbons (Fsp3) is 0.414. The van der Waals surface area contributed by atoms with Crippen molar-refractivity contribution in [3.8, 4) is 16.9 Å². The molecule has 3 heteroatoms. The highest BCUT2D eigenvalue weighted by atomic mass is 16.1. The second-order valence-corrected chi connectivity index (χ2v) is 9.76. The smallest absolute Gasteiger partial charge is 0.251 e. The van der Waals surface area contributed by atoms with E-state index in [1.165, 1.54) is 54.6 Å². The summed E-state index contributed by atoms with van der Waals surface area (Å²) in [6, 6.07) is 21.6. The van der Waals surface area contributed by atoms with Crippen LogP contribution in [-0.2, 0) is 12.8 Å². The lowest BCUT2D eigenvalue weighted by Gasteiger charge is -2.21. The van der Waals surface area contributed by atoms with Crippen LogP contribution >= 0.6 is 0 Å². The summed E-state index contributed by atoms with van der Waals surface area (Å²) in [5, 5.41) is 3.28. The van der Waals surface area contributed by atoms with Crippen molar-refractivity contribution in [1.82, 2.24) is 9.88 Å². The minimum absolute atomic E-state index is 0.0649. The van der Waals surface area contributed by atoms with Gasteiger partial charge < -0.3 is 9.88 Å². The van der Waals surface area contributed by atoms with E-state index in [1.54, 1.807) is 0 Å². The molecular weight excluding hydrogens is 392 g/mol. The minimum Gasteiger partial charge on any atom is -0.349 e. The van der Waals surface area contributed by atoms with E-state index < -0.39 is 0 Å². The van der Waals surface area contributed by atoms with Gasteiger partial charge in [0.2, 0.25) is 0 Å². The highest BCUT2D eigenvalue weighted by Crippen LogP contribution is 2.35. The maximum atomic E-state index is 12.9. The third-order valence-electron chi connectivity index (χ3n) is 7.28. The second kappa shape index (κ2) is 9.36. The molecule has 0 aliphatic heterocycles. The lowest BCUT2D eigenvalue weighted by atomic mass is 9.89. The quantitative estimate of drug-likeness (QED) is 0.462. The van der Waals surface area contributed by atoms with Crippen molar-refractivity contribution in [3.63, 3.8) is 0 Å². The summed E-state index contributed by atoms with van der Waals surface area (Å²) in [4.78, 5) is 12.9. The highest BCUT2D eigenvalue weighted by molar-refractivity contribution is 5.94. The molecule has 0 saturated heterocycles. The molecule has 1 aromatic heterocycles. The standard InChI is InChI=1S/C29H34N2O/c1-21-13-18-27-24(19-21)20-28(22-9-5-4-6-10-22)31(27)26-16-14-23(15-17-26)29(32)30-25-11-7-2-3-8-12-25/h4-6,9-10,14-17,20-21,25H,2-3,7-8,11-13,18-19H2,1H3,(H,30,32)/t21-/m1/s1. The van der Waals surface area contributed by atoms with Gasteiger partial charge in [-0.15, -0.1) is 0 Å². The van der Waals surface area contributed by atoms with Crippen molar-refractivity contribution in [2.24, 2.45) is 5.92 Å². The van der Waals surface area contributed by atoms with Crippen molar-refractivity contribution < 1.29 is 4.79 Å². The molecule has 0 bridgehead atoms. The predicted octanol–water partition coefficient (Wildman–Crippen LogP) is 6.72. The van der Waals surface area contributed by atoms with Crippen LogP contribution in [0.4, 0.5) is 0 Å². The molecule has 1 fully saturated rings. The summed E-state index contributed by atoms with van der Waals surface area (Å²) >= 11 is 0. The maximum Gasteiger partial charge on any atom is 0.251 e. The molecule has 2 aliphatic carbocycles. The number of amides is 1. The molecule has 2 aliphatic rings. The van der Waals surface area contributed by atoms with Gasteiger partial charge in [0.05, 0.1) is 5.69 Å². The minimum atomic E-state index is 0.0649. The van der Waals surface area contributed by atoms with Crippen molar-refractivity contribution in [1.29, 1.82) is 0 Å². The number of hydrogen-bond acceptors (Lipinski definition) is 1. The van der Waals surface area contributed by atoms with E-state index in [0.29, 0.717) is 6.04 Å². The van der Waals surface area contributed by atoms with Gasteiger partial charge in [0, 0.05) is 23.0 Å². The van der Waals surface area contributed by atoms with Crippen LogP contribution < -0.4 is 5.32 Å². The predicted molar refractivity (Wildman–Crippen MR) is 131 cm³/mol. The van der Waals surface area contributed by atoms with E-state index in [4.69, 9.17) is 0 Å². The zero-order valence-electron chi connectivity index (χ0n) is 19.1. The first-order valence-corrected chi connectivity index (χ1v) is 12.4. The van der Waals surface area contributed by atoms with Crippen LogP contribution in [0.1, 0.15) is 73.5 Å². The van der Waals surface area contributed by atoms with E-state index in [9.17, 15) is 4.79 Å². The number of hydrogen-bond donors (Lipinski definition) is 1. The molecule has 2 aromatic carbocycles. The number of nitrogens with zero attached hydrogens (tertiary/aromatic N) is 1. The molecule has 3 nitrogen and oxygen atoms in total. The van der Waals surface area contributed by atoms with Crippen LogP contribution in [0.25, 0.3) is 16.9 Å². The number of carbonyl (C=O) groups excluding carboxylic acids is 1. The molecule has 3 aromatic rings. The van der Waals surface area contributed by atoms with Crippen molar-refractivity contribution in [3.05, 3.63) is 77.5 Å². The van der Waals surface area contributed by atoms with Crippen LogP contribution in [0.15, 0.2) is 60.7 Å². The summed E-state index contributed by atoms with van der Waals surface area (Å²) in [6.07, 6.45) is 10.7. The molecule has 5 rings (SSSR count). The average Bonchev–Trinajstić information content (AvgIpc) is 3.00. The van der Waals surface area contributed by atoms with E-state index in [0.717, 1.165) is 42.9 Å². The molecule has 166 valence electrons. The topological polar surface area (TPSA) is 34.0 Å². The number of carbonyl (C=O) groups is 1. The fourth-order valence-electron chi connectivity index (χ4n) is 5.48. The number of nitrogens with one attached hydrogen (secondary N) is 1. The summed E-state index contributed by atoms with van der Waals surface area (Å²) in [7, 11) is 0. The second-order valence-electron chi connectivity index (χ2n) is 9.76. The number of aromatic nitrogens is 1. The van der Waals surface area contributed by atoms with Crippen molar-refractivity contribution in [2.45, 2.75) is 70.8 Å². The summed E-state index contributed by atoms with van der Waals surface area (Å²) in [5.74, 6) is 0.798. The van der Waals surface area contributed by atoms with E-state index >= 15 is 0 Å². The van der Waals surface area contributed by atoms with Gasteiger partial charge in [0.25, 0.3) is 5.91 Å². The third-order valence-corrected chi connectivity index (χ3v) is 7.28. The average molecular weight is 427 g/mol. The Bertz CT molecular complexity index is 1060. The Balaban J connectivity index is 1.44. The van der Waals surface area contributed by atoms with Crippen LogP contribution in [0.3, 0.4) is 0 Å². The first kappa shape index (κ1) is 21.1. The number of benzene rings is 2. The number of fused-ring (bicyclic) bond motifs is 1. The molecule has 1 atom stereocenters. The van der Waals surface area contributed by atoms with Gasteiger partial charge in [0.15, 0.2) is 0 Å².